The maximum absolute atomic E-state index is 13.5. The summed E-state index contributed by atoms with van der Waals surface area (Å²) in [5.74, 6) is 0.210. The molecule has 0 bridgehead atoms. The number of amides is 1. The Balaban J connectivity index is 1.57. The lowest BCUT2D eigenvalue weighted by Gasteiger charge is -2.19. The van der Waals surface area contributed by atoms with E-state index in [1.807, 2.05) is 24.4 Å². The fourth-order valence-corrected chi connectivity index (χ4v) is 3.27. The smallest absolute Gasteiger partial charge is 0.222 e. The molecule has 0 fully saturated rings. The highest BCUT2D eigenvalue weighted by atomic mass is 19.1. The highest BCUT2D eigenvalue weighted by Crippen LogP contribution is 2.21. The maximum Gasteiger partial charge on any atom is 0.222 e. The molecule has 6 heteroatoms. The van der Waals surface area contributed by atoms with E-state index in [1.165, 1.54) is 19.2 Å². The largest absolute Gasteiger partial charge is 0.496 e. The highest BCUT2D eigenvalue weighted by Gasteiger charge is 2.13. The summed E-state index contributed by atoms with van der Waals surface area (Å²) in [6.45, 7) is 1.00. The summed E-state index contributed by atoms with van der Waals surface area (Å²) >= 11 is 0. The summed E-state index contributed by atoms with van der Waals surface area (Å²) in [6.07, 6.45) is 3.05. The quantitative estimate of drug-likeness (QED) is 0.621. The van der Waals surface area contributed by atoms with E-state index in [1.54, 1.807) is 24.1 Å². The van der Waals surface area contributed by atoms with Gasteiger partial charge in [-0.1, -0.05) is 0 Å². The fraction of sp³-hybridized carbons (Fsp3) is 0.273. The first-order valence-corrected chi connectivity index (χ1v) is 9.07. The Labute approximate surface area is 163 Å². The van der Waals surface area contributed by atoms with E-state index in [-0.39, 0.29) is 11.7 Å². The van der Waals surface area contributed by atoms with Crippen molar-refractivity contribution < 1.29 is 13.9 Å². The number of fused-ring (bicyclic) bond motifs is 1. The van der Waals surface area contributed by atoms with Crippen LogP contribution in [0.2, 0.25) is 0 Å². The van der Waals surface area contributed by atoms with Crippen LogP contribution in [0.4, 0.5) is 4.39 Å². The topological polar surface area (TPSA) is 58.3 Å². The van der Waals surface area contributed by atoms with Gasteiger partial charge in [-0.25, -0.2) is 4.39 Å². The summed E-state index contributed by atoms with van der Waals surface area (Å²) in [4.78, 5) is 14.0. The zero-order valence-electron chi connectivity index (χ0n) is 16.0. The molecule has 0 unspecified atom stereocenters. The van der Waals surface area contributed by atoms with Gasteiger partial charge in [-0.05, 0) is 48.9 Å². The van der Waals surface area contributed by atoms with Gasteiger partial charge in [0.2, 0.25) is 5.91 Å². The molecule has 0 aliphatic carbocycles. The van der Waals surface area contributed by atoms with Crippen molar-refractivity contribution in [1.29, 1.82) is 5.26 Å². The van der Waals surface area contributed by atoms with Gasteiger partial charge in [-0.3, -0.25) is 4.79 Å². The molecule has 3 aromatic rings. The van der Waals surface area contributed by atoms with Gasteiger partial charge in [-0.2, -0.15) is 5.26 Å². The Bertz CT molecular complexity index is 1040. The molecule has 1 aromatic heterocycles. The Morgan fingerprint density at radius 2 is 2.07 bits per heavy atom. The average molecular weight is 379 g/mol. The summed E-state index contributed by atoms with van der Waals surface area (Å²) in [7, 11) is 3.24. The number of rotatable bonds is 7. The number of carbonyl (C=O) groups excluding carboxylic acids is 1. The third-order valence-corrected chi connectivity index (χ3v) is 4.77. The Hall–Kier alpha value is -3.33. The lowest BCUT2D eigenvalue weighted by Crippen LogP contribution is -2.26. The number of carbonyl (C=O) groups is 1. The fourth-order valence-electron chi connectivity index (χ4n) is 3.27. The van der Waals surface area contributed by atoms with E-state index in [2.05, 4.69) is 10.6 Å². The lowest BCUT2D eigenvalue weighted by molar-refractivity contribution is -0.130. The molecule has 3 rings (SSSR count). The van der Waals surface area contributed by atoms with Crippen LogP contribution in [0.3, 0.4) is 0 Å². The van der Waals surface area contributed by atoms with Crippen LogP contribution in [0.5, 0.6) is 5.75 Å². The number of hydrogen-bond acceptors (Lipinski definition) is 3. The van der Waals surface area contributed by atoms with Crippen LogP contribution in [0, 0.1) is 17.1 Å². The first kappa shape index (κ1) is 19.4. The molecule has 2 aromatic carbocycles. The zero-order chi connectivity index (χ0) is 20.1. The number of aromatic nitrogens is 1. The van der Waals surface area contributed by atoms with E-state index in [4.69, 9.17) is 10.00 Å². The molecular weight excluding hydrogens is 357 g/mol. The Morgan fingerprint density at radius 1 is 1.25 bits per heavy atom. The van der Waals surface area contributed by atoms with Crippen LogP contribution in [-0.4, -0.2) is 29.5 Å². The first-order valence-electron chi connectivity index (χ1n) is 9.07. The van der Waals surface area contributed by atoms with E-state index in [9.17, 15) is 9.18 Å². The predicted molar refractivity (Wildman–Crippen MR) is 105 cm³/mol. The van der Waals surface area contributed by atoms with Crippen molar-refractivity contribution >= 4 is 16.8 Å². The van der Waals surface area contributed by atoms with Crippen molar-refractivity contribution in [3.63, 3.8) is 0 Å². The number of nitriles is 1. The van der Waals surface area contributed by atoms with Crippen LogP contribution in [-0.2, 0) is 17.9 Å². The molecule has 1 heterocycles. The minimum atomic E-state index is -0.351. The number of nitrogens with zero attached hydrogens (tertiary/aromatic N) is 3. The van der Waals surface area contributed by atoms with Gasteiger partial charge in [0.05, 0.1) is 18.7 Å². The molecule has 5 nitrogen and oxygen atoms in total. The molecule has 0 N–H and O–H groups in total. The second kappa shape index (κ2) is 8.57. The Morgan fingerprint density at radius 3 is 2.82 bits per heavy atom. The van der Waals surface area contributed by atoms with Gasteiger partial charge >= 0.3 is 0 Å². The normalized spacial score (nSPS) is 10.6. The number of aryl methyl sites for hydroxylation is 1. The van der Waals surface area contributed by atoms with Gasteiger partial charge in [0.25, 0.3) is 0 Å². The van der Waals surface area contributed by atoms with Crippen molar-refractivity contribution in [2.75, 3.05) is 14.2 Å². The van der Waals surface area contributed by atoms with Crippen LogP contribution in [0.15, 0.2) is 48.7 Å². The summed E-state index contributed by atoms with van der Waals surface area (Å²) in [6, 6.07) is 14.0. The van der Waals surface area contributed by atoms with Gasteiger partial charge in [0.1, 0.15) is 11.6 Å². The van der Waals surface area contributed by atoms with Crippen molar-refractivity contribution in [2.45, 2.75) is 25.9 Å². The van der Waals surface area contributed by atoms with E-state index in [0.29, 0.717) is 42.8 Å². The molecule has 0 aliphatic heterocycles. The lowest BCUT2D eigenvalue weighted by atomic mass is 10.1. The highest BCUT2D eigenvalue weighted by molar-refractivity contribution is 5.81. The molecule has 28 heavy (non-hydrogen) atoms. The monoisotopic (exact) mass is 379 g/mol. The van der Waals surface area contributed by atoms with Crippen LogP contribution < -0.4 is 4.74 Å². The van der Waals surface area contributed by atoms with Crippen LogP contribution >= 0.6 is 0 Å². The molecule has 144 valence electrons. The van der Waals surface area contributed by atoms with Gasteiger partial charge in [0, 0.05) is 49.2 Å². The predicted octanol–water partition coefficient (Wildman–Crippen LogP) is 4.10. The minimum absolute atomic E-state index is 0.00505. The minimum Gasteiger partial charge on any atom is -0.496 e. The summed E-state index contributed by atoms with van der Waals surface area (Å²) in [5, 5.41) is 10.00. The molecular formula is C22H22FN3O2. The van der Waals surface area contributed by atoms with Crippen LogP contribution in [0.1, 0.15) is 24.0 Å². The maximum atomic E-state index is 13.5. The molecule has 0 aliphatic rings. The van der Waals surface area contributed by atoms with E-state index < -0.39 is 0 Å². The summed E-state index contributed by atoms with van der Waals surface area (Å²) < 4.78 is 20.8. The zero-order valence-corrected chi connectivity index (χ0v) is 16.0. The van der Waals surface area contributed by atoms with Crippen LogP contribution in [0.25, 0.3) is 10.9 Å². The van der Waals surface area contributed by atoms with Gasteiger partial charge in [0.15, 0.2) is 0 Å². The second-order valence-corrected chi connectivity index (χ2v) is 6.70. The number of hydrogen-bond donors (Lipinski definition) is 0. The third-order valence-electron chi connectivity index (χ3n) is 4.77. The molecule has 0 spiro atoms. The van der Waals surface area contributed by atoms with Crippen molar-refractivity contribution in [2.24, 2.45) is 0 Å². The molecule has 0 radical (unpaired) electrons. The average Bonchev–Trinajstić information content (AvgIpc) is 3.10. The van der Waals surface area contributed by atoms with Crippen molar-refractivity contribution in [3.8, 4) is 11.8 Å². The molecule has 0 saturated carbocycles. The molecule has 0 atom stereocenters. The number of ether oxygens (including phenoxy) is 1. The Kier molecular flexibility index (Phi) is 5.95. The first-order chi connectivity index (χ1) is 13.5. The SMILES string of the molecule is COc1ccc(F)cc1CN(C)C(=O)CCCn1ccc2cc(C#N)ccc21. The molecule has 1 amide bonds. The van der Waals surface area contributed by atoms with E-state index in [0.717, 1.165) is 10.9 Å². The van der Waals surface area contributed by atoms with Crippen molar-refractivity contribution in [3.05, 3.63) is 65.6 Å². The second-order valence-electron chi connectivity index (χ2n) is 6.70. The summed E-state index contributed by atoms with van der Waals surface area (Å²) in [5.41, 5.74) is 2.32. The van der Waals surface area contributed by atoms with Gasteiger partial charge in [-0.15, -0.1) is 0 Å². The molecule has 0 saturated heterocycles. The number of halogens is 1. The van der Waals surface area contributed by atoms with Crippen molar-refractivity contribution in [1.82, 2.24) is 9.47 Å². The van der Waals surface area contributed by atoms with Gasteiger partial charge < -0.3 is 14.2 Å². The third kappa shape index (κ3) is 4.32. The van der Waals surface area contributed by atoms with E-state index >= 15 is 0 Å². The number of benzene rings is 2. The standard InChI is InChI=1S/C22H22FN3O2/c1-25(15-18-13-19(23)6-8-21(18)28-2)22(27)4-3-10-26-11-9-17-12-16(14-24)5-7-20(17)26/h5-9,11-13H,3-4,10,15H2,1-2H3. The number of methoxy groups -OCH3 is 1.